The Bertz CT molecular complexity index is 2190. The van der Waals surface area contributed by atoms with Crippen molar-refractivity contribution in [2.24, 2.45) is 7.05 Å². The van der Waals surface area contributed by atoms with E-state index in [0.717, 1.165) is 61.9 Å². The van der Waals surface area contributed by atoms with Crippen LogP contribution in [0.3, 0.4) is 0 Å². The number of carboxylic acids is 1. The third-order valence-electron chi connectivity index (χ3n) is 8.90. The SMILES string of the molecule is Cc1nc2c(NCc3c(C)cccc3C)cc(C(=O)O)cc2[nH]1.[2H]CN(c1c(C)cccc1C)c1cc(C(=O)N(C)C)cc2c1nc(C)n2C. The van der Waals surface area contributed by atoms with E-state index in [2.05, 4.69) is 41.3 Å². The Kier molecular flexibility index (Phi) is 9.40. The number of fused-ring (bicyclic) bond motifs is 2. The number of para-hydroxylation sites is 1. The highest BCUT2D eigenvalue weighted by atomic mass is 16.4. The molecular weight excluding hydrogens is 614 g/mol. The highest BCUT2D eigenvalue weighted by molar-refractivity contribution is 6.02. The highest BCUT2D eigenvalue weighted by Gasteiger charge is 2.20. The van der Waals surface area contributed by atoms with Gasteiger partial charge in [-0.05, 0) is 93.6 Å². The van der Waals surface area contributed by atoms with Crippen LogP contribution in [0.25, 0.3) is 22.1 Å². The Balaban J connectivity index is 0.000000197. The molecule has 3 N–H and O–H groups in total. The molecule has 0 saturated heterocycles. The number of nitrogens with one attached hydrogen (secondary N) is 2. The Hall–Kier alpha value is -5.64. The Morgan fingerprint density at radius 2 is 1.51 bits per heavy atom. The molecular formula is C39H45N7O3. The summed E-state index contributed by atoms with van der Waals surface area (Å²) in [6.45, 7) is 12.7. The van der Waals surface area contributed by atoms with Crippen LogP contribution in [0.1, 0.15) is 61.6 Å². The van der Waals surface area contributed by atoms with E-state index in [-0.39, 0.29) is 18.5 Å². The van der Waals surface area contributed by atoms with Crippen LogP contribution in [0.2, 0.25) is 0 Å². The van der Waals surface area contributed by atoms with Gasteiger partial charge >= 0.3 is 5.97 Å². The van der Waals surface area contributed by atoms with Crippen LogP contribution >= 0.6 is 0 Å². The van der Waals surface area contributed by atoms with Gasteiger partial charge in [0.1, 0.15) is 22.7 Å². The van der Waals surface area contributed by atoms with Crippen molar-refractivity contribution in [1.82, 2.24) is 24.4 Å². The first-order valence-corrected chi connectivity index (χ1v) is 16.1. The van der Waals surface area contributed by atoms with Gasteiger partial charge in [-0.1, -0.05) is 36.4 Å². The van der Waals surface area contributed by atoms with E-state index in [9.17, 15) is 14.7 Å². The van der Waals surface area contributed by atoms with E-state index >= 15 is 0 Å². The first-order valence-electron chi connectivity index (χ1n) is 16.8. The smallest absolute Gasteiger partial charge is 0.335 e. The van der Waals surface area contributed by atoms with Crippen molar-refractivity contribution < 1.29 is 16.1 Å². The summed E-state index contributed by atoms with van der Waals surface area (Å²) in [4.78, 5) is 39.8. The Labute approximate surface area is 288 Å². The number of carbonyl (C=O) groups excluding carboxylic acids is 1. The third kappa shape index (κ3) is 6.99. The van der Waals surface area contributed by atoms with Crippen molar-refractivity contribution in [3.05, 3.63) is 111 Å². The molecule has 0 fully saturated rings. The van der Waals surface area contributed by atoms with Gasteiger partial charge in [-0.2, -0.15) is 0 Å². The fourth-order valence-electron chi connectivity index (χ4n) is 6.14. The second kappa shape index (κ2) is 13.8. The van der Waals surface area contributed by atoms with Gasteiger partial charge in [-0.15, -0.1) is 0 Å². The molecule has 10 heteroatoms. The molecule has 4 aromatic carbocycles. The topological polar surface area (TPSA) is 119 Å². The number of aromatic carboxylic acids is 1. The maximum absolute atomic E-state index is 12.7. The predicted molar refractivity (Wildman–Crippen MR) is 198 cm³/mol. The summed E-state index contributed by atoms with van der Waals surface area (Å²) in [5, 5.41) is 12.6. The minimum absolute atomic E-state index is 0.0377. The fourth-order valence-corrected chi connectivity index (χ4v) is 6.14. The van der Waals surface area contributed by atoms with Gasteiger partial charge in [0, 0.05) is 47.3 Å². The number of aromatic nitrogens is 4. The second-order valence-corrected chi connectivity index (χ2v) is 12.7. The molecule has 0 saturated carbocycles. The number of anilines is 3. The van der Waals surface area contributed by atoms with Crippen LogP contribution in [0, 0.1) is 41.5 Å². The molecule has 6 aromatic rings. The van der Waals surface area contributed by atoms with Crippen LogP contribution in [0.15, 0.2) is 60.7 Å². The normalized spacial score (nSPS) is 11.2. The second-order valence-electron chi connectivity index (χ2n) is 12.7. The summed E-state index contributed by atoms with van der Waals surface area (Å²) in [5.41, 5.74) is 12.3. The van der Waals surface area contributed by atoms with E-state index in [1.54, 1.807) is 31.1 Å². The highest BCUT2D eigenvalue weighted by Crippen LogP contribution is 2.36. The minimum Gasteiger partial charge on any atom is -0.478 e. The minimum atomic E-state index is -0.950. The number of carbonyl (C=O) groups is 2. The average Bonchev–Trinajstić information content (AvgIpc) is 3.59. The zero-order chi connectivity index (χ0) is 36.4. The van der Waals surface area contributed by atoms with E-state index in [1.807, 2.05) is 80.6 Å². The van der Waals surface area contributed by atoms with Gasteiger partial charge in [0.15, 0.2) is 0 Å². The number of hydrogen-bond acceptors (Lipinski definition) is 6. The van der Waals surface area contributed by atoms with Crippen molar-refractivity contribution in [3.8, 4) is 0 Å². The quantitative estimate of drug-likeness (QED) is 0.160. The maximum Gasteiger partial charge on any atom is 0.335 e. The number of carboxylic acid groups (broad SMARTS) is 1. The number of benzene rings is 4. The summed E-state index contributed by atoms with van der Waals surface area (Å²) in [7, 11) is 5.47. The monoisotopic (exact) mass is 660 g/mol. The van der Waals surface area contributed by atoms with E-state index in [1.165, 1.54) is 16.7 Å². The van der Waals surface area contributed by atoms with Crippen LogP contribution in [-0.2, 0) is 13.6 Å². The predicted octanol–water partition coefficient (Wildman–Crippen LogP) is 7.77. The number of H-pyrrole nitrogens is 1. The van der Waals surface area contributed by atoms with Crippen LogP contribution in [0.5, 0.6) is 0 Å². The van der Waals surface area contributed by atoms with Crippen molar-refractivity contribution in [3.63, 3.8) is 0 Å². The lowest BCUT2D eigenvalue weighted by Crippen LogP contribution is -2.22. The zero-order valence-electron chi connectivity index (χ0n) is 30.7. The molecule has 0 aliphatic rings. The number of amides is 1. The summed E-state index contributed by atoms with van der Waals surface area (Å²) in [6, 6.07) is 19.3. The van der Waals surface area contributed by atoms with E-state index in [4.69, 9.17) is 6.35 Å². The van der Waals surface area contributed by atoms with E-state index in [0.29, 0.717) is 12.1 Å². The van der Waals surface area contributed by atoms with Crippen LogP contribution in [-0.4, -0.2) is 62.5 Å². The number of rotatable bonds is 7. The van der Waals surface area contributed by atoms with Gasteiger partial charge in [0.05, 0.1) is 28.0 Å². The number of hydrogen-bond donors (Lipinski definition) is 3. The largest absolute Gasteiger partial charge is 0.478 e. The standard InChI is InChI=1S/C21H26N4O.C18H19N3O2/c1-13-9-8-10-14(2)20(13)25(7)18-12-16(21(26)23(4)5)11-17-19(18)22-15(3)24(17)6;1-10-5-4-6-11(2)14(10)9-19-15-7-13(18(22)23)8-16-17(15)21-12(3)20-16/h8-12H,1-7H3;4-8,19H,9H2,1-3H3,(H,20,21)(H,22,23)/i7D;. The molecule has 0 unspecified atom stereocenters. The number of aryl methyl sites for hydroxylation is 7. The molecule has 10 nitrogen and oxygen atoms in total. The summed E-state index contributed by atoms with van der Waals surface area (Å²) in [5.74, 6) is 0.613. The first kappa shape index (κ1) is 33.3. The number of imidazole rings is 2. The van der Waals surface area contributed by atoms with Crippen molar-refractivity contribution >= 4 is 51.0 Å². The summed E-state index contributed by atoms with van der Waals surface area (Å²) in [6.07, 6.45) is 0. The first-order chi connectivity index (χ1) is 23.7. The van der Waals surface area contributed by atoms with Gasteiger partial charge in [0.2, 0.25) is 0 Å². The van der Waals surface area contributed by atoms with Gasteiger partial charge in [0.25, 0.3) is 5.91 Å². The lowest BCUT2D eigenvalue weighted by Gasteiger charge is -2.25. The molecule has 6 rings (SSSR count). The number of aromatic amines is 1. The summed E-state index contributed by atoms with van der Waals surface area (Å²) < 4.78 is 10.2. The third-order valence-corrected chi connectivity index (χ3v) is 8.90. The fraction of sp³-hybridized carbons (Fsp3) is 0.282. The van der Waals surface area contributed by atoms with Gasteiger partial charge in [-0.3, -0.25) is 4.79 Å². The van der Waals surface area contributed by atoms with Crippen molar-refractivity contribution in [2.75, 3.05) is 31.3 Å². The maximum atomic E-state index is 12.7. The summed E-state index contributed by atoms with van der Waals surface area (Å²) >= 11 is 0. The molecule has 0 aliphatic carbocycles. The average molecular weight is 661 g/mol. The van der Waals surface area contributed by atoms with Gasteiger partial charge in [-0.25, -0.2) is 14.8 Å². The van der Waals surface area contributed by atoms with E-state index < -0.39 is 5.97 Å². The molecule has 0 aliphatic heterocycles. The van der Waals surface area contributed by atoms with Gasteiger partial charge < -0.3 is 29.8 Å². The number of nitrogens with zero attached hydrogens (tertiary/aromatic N) is 5. The zero-order valence-corrected chi connectivity index (χ0v) is 29.7. The molecule has 0 bridgehead atoms. The Morgan fingerprint density at radius 3 is 2.10 bits per heavy atom. The van der Waals surface area contributed by atoms with Crippen molar-refractivity contribution in [2.45, 2.75) is 48.1 Å². The molecule has 254 valence electrons. The van der Waals surface area contributed by atoms with Crippen LogP contribution < -0.4 is 10.2 Å². The molecule has 0 radical (unpaired) electrons. The van der Waals surface area contributed by atoms with Crippen LogP contribution in [0.4, 0.5) is 17.1 Å². The molecule has 2 heterocycles. The van der Waals surface area contributed by atoms with Crippen molar-refractivity contribution in [1.29, 1.82) is 0 Å². The lowest BCUT2D eigenvalue weighted by molar-refractivity contribution is 0.0696. The Morgan fingerprint density at radius 1 is 0.878 bits per heavy atom. The molecule has 2 aromatic heterocycles. The molecule has 0 atom stereocenters. The molecule has 0 spiro atoms. The molecule has 1 amide bonds. The molecule has 49 heavy (non-hydrogen) atoms. The lowest BCUT2D eigenvalue weighted by atomic mass is 10.0.